The minimum absolute atomic E-state index is 0.0111. The van der Waals surface area contributed by atoms with Gasteiger partial charge in [0.2, 0.25) is 0 Å². The van der Waals surface area contributed by atoms with Crippen molar-refractivity contribution in [3.63, 3.8) is 0 Å². The van der Waals surface area contributed by atoms with Crippen LogP contribution in [0.25, 0.3) is 10.9 Å². The number of allylic oxidation sites excluding steroid dienone is 1. The number of rotatable bonds is 3. The maximum absolute atomic E-state index is 12.7. The van der Waals surface area contributed by atoms with Gasteiger partial charge >= 0.3 is 5.97 Å². The van der Waals surface area contributed by atoms with E-state index in [0.29, 0.717) is 16.3 Å². The Balaban J connectivity index is 2.06. The number of benzene rings is 1. The summed E-state index contributed by atoms with van der Waals surface area (Å²) in [6.07, 6.45) is 1.73. The van der Waals surface area contributed by atoms with Crippen molar-refractivity contribution >= 4 is 46.3 Å². The van der Waals surface area contributed by atoms with Crippen molar-refractivity contribution in [2.24, 2.45) is 0 Å². The maximum Gasteiger partial charge on any atom is 0.310 e. The number of esters is 1. The molecule has 1 aromatic carbocycles. The average molecular weight is 352 g/mol. The number of ether oxygens (including phenoxy) is 1. The van der Waals surface area contributed by atoms with Crippen molar-refractivity contribution in [3.8, 4) is 0 Å². The van der Waals surface area contributed by atoms with Gasteiger partial charge in [0, 0.05) is 44.5 Å². The van der Waals surface area contributed by atoms with E-state index in [4.69, 9.17) is 16.3 Å². The van der Waals surface area contributed by atoms with Crippen LogP contribution in [0.1, 0.15) is 23.0 Å². The van der Waals surface area contributed by atoms with Gasteiger partial charge in [-0.25, -0.2) is 0 Å². The number of hydrogen-bond acceptors (Lipinski definition) is 5. The lowest BCUT2D eigenvalue weighted by molar-refractivity contribution is -0.139. The van der Waals surface area contributed by atoms with Gasteiger partial charge in [-0.05, 0) is 25.1 Å². The number of halogens is 1. The van der Waals surface area contributed by atoms with Gasteiger partial charge in [-0.1, -0.05) is 11.6 Å². The molecule has 23 heavy (non-hydrogen) atoms. The van der Waals surface area contributed by atoms with E-state index in [1.165, 1.54) is 23.5 Å². The predicted octanol–water partition coefficient (Wildman–Crippen LogP) is 3.01. The third-order valence-electron chi connectivity index (χ3n) is 3.44. The number of aromatic amines is 1. The normalized spacial score (nSPS) is 13.9. The molecule has 2 heterocycles. The molecule has 0 unspecified atom stereocenters. The van der Waals surface area contributed by atoms with Gasteiger partial charge in [0.05, 0.1) is 13.5 Å². The van der Waals surface area contributed by atoms with Crippen molar-refractivity contribution in [3.05, 3.63) is 45.6 Å². The Morgan fingerprint density at radius 2 is 2.17 bits per heavy atom. The van der Waals surface area contributed by atoms with Crippen molar-refractivity contribution in [2.45, 2.75) is 13.3 Å². The zero-order valence-corrected chi connectivity index (χ0v) is 14.0. The first kappa shape index (κ1) is 15.8. The molecule has 0 atom stereocenters. The topological polar surface area (TPSA) is 74.4 Å². The van der Waals surface area contributed by atoms with Crippen molar-refractivity contribution in [1.82, 2.24) is 14.8 Å². The quantitative estimate of drug-likeness (QED) is 0.656. The zero-order valence-electron chi connectivity index (χ0n) is 12.5. The fourth-order valence-electron chi connectivity index (χ4n) is 2.35. The smallest absolute Gasteiger partial charge is 0.310 e. The molecule has 1 aliphatic heterocycles. The monoisotopic (exact) mass is 351 g/mol. The van der Waals surface area contributed by atoms with Crippen LogP contribution >= 0.6 is 23.5 Å². The van der Waals surface area contributed by atoms with Gasteiger partial charge in [0.1, 0.15) is 5.69 Å². The van der Waals surface area contributed by atoms with Crippen LogP contribution in [0.2, 0.25) is 5.02 Å². The molecule has 1 aromatic heterocycles. The van der Waals surface area contributed by atoms with Crippen LogP contribution in [0.3, 0.4) is 0 Å². The summed E-state index contributed by atoms with van der Waals surface area (Å²) in [6, 6.07) is 5.24. The average Bonchev–Trinajstić information content (AvgIpc) is 3.11. The van der Waals surface area contributed by atoms with Crippen molar-refractivity contribution in [2.75, 3.05) is 7.11 Å². The van der Waals surface area contributed by atoms with E-state index in [1.54, 1.807) is 24.4 Å². The van der Waals surface area contributed by atoms with Gasteiger partial charge in [-0.3, -0.25) is 15.0 Å². The van der Waals surface area contributed by atoms with E-state index >= 15 is 0 Å². The van der Waals surface area contributed by atoms with E-state index in [1.807, 2.05) is 6.92 Å². The molecule has 0 spiro atoms. The Labute approximate surface area is 141 Å². The molecule has 2 aromatic rings. The largest absolute Gasteiger partial charge is 0.469 e. The maximum atomic E-state index is 12.7. The lowest BCUT2D eigenvalue weighted by Crippen LogP contribution is -2.31. The molecular formula is C15H14ClN3O3S. The Kier molecular flexibility index (Phi) is 4.23. The minimum atomic E-state index is -0.420. The SMILES string of the molecule is COC(=O)Cc1c(C(=O)N2NC=C(C)S2)[nH]c2ccc(Cl)cc12. The summed E-state index contributed by atoms with van der Waals surface area (Å²) < 4.78 is 6.14. The van der Waals surface area contributed by atoms with Crippen LogP contribution in [0.5, 0.6) is 0 Å². The Bertz CT molecular complexity index is 831. The van der Waals surface area contributed by atoms with Crippen molar-refractivity contribution < 1.29 is 14.3 Å². The second kappa shape index (κ2) is 6.17. The number of carbonyl (C=O) groups excluding carboxylic acids is 2. The van der Waals surface area contributed by atoms with E-state index in [2.05, 4.69) is 10.4 Å². The molecule has 6 nitrogen and oxygen atoms in total. The first-order valence-corrected chi connectivity index (χ1v) is 7.97. The lowest BCUT2D eigenvalue weighted by atomic mass is 10.1. The highest BCUT2D eigenvalue weighted by Gasteiger charge is 2.27. The van der Waals surface area contributed by atoms with Crippen LogP contribution in [-0.4, -0.2) is 28.4 Å². The summed E-state index contributed by atoms with van der Waals surface area (Å²) in [5, 5.41) is 1.27. The fraction of sp³-hybridized carbons (Fsp3) is 0.200. The number of H-pyrrole nitrogens is 1. The van der Waals surface area contributed by atoms with Crippen LogP contribution < -0.4 is 5.43 Å². The third-order valence-corrected chi connectivity index (χ3v) is 4.53. The van der Waals surface area contributed by atoms with Gasteiger partial charge in [-0.2, -0.15) is 4.41 Å². The fourth-order valence-corrected chi connectivity index (χ4v) is 3.20. The molecule has 0 fully saturated rings. The first-order valence-electron chi connectivity index (χ1n) is 6.82. The van der Waals surface area contributed by atoms with Gasteiger partial charge in [-0.15, -0.1) is 0 Å². The summed E-state index contributed by atoms with van der Waals surface area (Å²) in [5.74, 6) is -0.689. The number of nitrogens with zero attached hydrogens (tertiary/aromatic N) is 1. The van der Waals surface area contributed by atoms with E-state index < -0.39 is 5.97 Å². The molecule has 0 saturated heterocycles. The van der Waals surface area contributed by atoms with Gasteiger partial charge in [0.25, 0.3) is 5.91 Å². The highest BCUT2D eigenvalue weighted by Crippen LogP contribution is 2.30. The lowest BCUT2D eigenvalue weighted by Gasteiger charge is -2.14. The molecule has 3 rings (SSSR count). The molecule has 1 amide bonds. The van der Waals surface area contributed by atoms with E-state index in [9.17, 15) is 9.59 Å². The van der Waals surface area contributed by atoms with Crippen LogP contribution in [-0.2, 0) is 16.0 Å². The highest BCUT2D eigenvalue weighted by molar-refractivity contribution is 8.01. The standard InChI is InChI=1S/C15H14ClN3O3S/c1-8-7-17-19(23-8)15(21)14-11(6-13(20)22-2)10-5-9(16)3-4-12(10)18-14/h3-5,7,17-18H,6H2,1-2H3. The van der Waals surface area contributed by atoms with Gasteiger partial charge in [0.15, 0.2) is 0 Å². The predicted molar refractivity (Wildman–Crippen MR) is 89.7 cm³/mol. The molecule has 0 saturated carbocycles. The summed E-state index contributed by atoms with van der Waals surface area (Å²) in [4.78, 5) is 28.5. The number of nitrogens with one attached hydrogen (secondary N) is 2. The summed E-state index contributed by atoms with van der Waals surface area (Å²) in [7, 11) is 1.32. The van der Waals surface area contributed by atoms with E-state index in [-0.39, 0.29) is 12.3 Å². The number of carbonyl (C=O) groups is 2. The summed E-state index contributed by atoms with van der Waals surface area (Å²) in [5.41, 5.74) is 4.54. The number of methoxy groups -OCH3 is 1. The summed E-state index contributed by atoms with van der Waals surface area (Å²) >= 11 is 7.33. The van der Waals surface area contributed by atoms with Gasteiger partial charge < -0.3 is 9.72 Å². The second-order valence-electron chi connectivity index (χ2n) is 5.00. The minimum Gasteiger partial charge on any atom is -0.469 e. The Hall–Kier alpha value is -2.12. The number of fused-ring (bicyclic) bond motifs is 1. The highest BCUT2D eigenvalue weighted by atomic mass is 35.5. The summed E-state index contributed by atoms with van der Waals surface area (Å²) in [6.45, 7) is 1.89. The molecule has 0 bridgehead atoms. The molecule has 2 N–H and O–H groups in total. The number of aromatic nitrogens is 1. The zero-order chi connectivity index (χ0) is 16.6. The Morgan fingerprint density at radius 3 is 2.83 bits per heavy atom. The molecule has 0 aliphatic carbocycles. The number of hydrazine groups is 1. The number of hydrogen-bond donors (Lipinski definition) is 2. The van der Waals surface area contributed by atoms with Crippen LogP contribution in [0.15, 0.2) is 29.3 Å². The molecule has 120 valence electrons. The molecular weight excluding hydrogens is 338 g/mol. The second-order valence-corrected chi connectivity index (χ2v) is 6.62. The molecule has 8 heteroatoms. The van der Waals surface area contributed by atoms with Crippen LogP contribution in [0, 0.1) is 0 Å². The van der Waals surface area contributed by atoms with E-state index in [0.717, 1.165) is 15.8 Å². The Morgan fingerprint density at radius 1 is 1.39 bits per heavy atom. The first-order chi connectivity index (χ1) is 11.0. The third kappa shape index (κ3) is 3.02. The van der Waals surface area contributed by atoms with Crippen LogP contribution in [0.4, 0.5) is 0 Å². The molecule has 0 radical (unpaired) electrons. The molecule has 1 aliphatic rings. The number of amides is 1. The van der Waals surface area contributed by atoms with Crippen molar-refractivity contribution in [1.29, 1.82) is 0 Å².